The summed E-state index contributed by atoms with van der Waals surface area (Å²) in [4.78, 5) is 41.2. The van der Waals surface area contributed by atoms with Gasteiger partial charge in [0.1, 0.15) is 23.4 Å². The highest BCUT2D eigenvalue weighted by atomic mass is 16.6. The van der Waals surface area contributed by atoms with Crippen LogP contribution < -0.4 is 15.4 Å². The molecular weight excluding hydrogens is 458 g/mol. The zero-order chi connectivity index (χ0) is 27.0. The molecule has 196 valence electrons. The van der Waals surface area contributed by atoms with Crippen LogP contribution in [0.3, 0.4) is 0 Å². The molecule has 36 heavy (non-hydrogen) atoms. The van der Waals surface area contributed by atoms with Crippen LogP contribution in [0.1, 0.15) is 63.8 Å². The topological polar surface area (TPSA) is 97.0 Å². The van der Waals surface area contributed by atoms with Crippen LogP contribution in [0, 0.1) is 13.8 Å². The SMILES string of the molecule is CCCN(C(=O)C(C)NC(=O)OC(C)(C)C)C(C(=O)Nc1ccc(OC)cc1)c1cc(C)ccc1C. The minimum absolute atomic E-state index is 0.327. The minimum Gasteiger partial charge on any atom is -0.497 e. The second-order valence-corrected chi connectivity index (χ2v) is 9.88. The summed E-state index contributed by atoms with van der Waals surface area (Å²) in [5, 5.41) is 5.55. The number of benzene rings is 2. The summed E-state index contributed by atoms with van der Waals surface area (Å²) in [6, 6.07) is 11.0. The predicted molar refractivity (Wildman–Crippen MR) is 141 cm³/mol. The molecule has 0 aliphatic heterocycles. The predicted octanol–water partition coefficient (Wildman–Crippen LogP) is 5.14. The molecule has 0 saturated heterocycles. The van der Waals surface area contributed by atoms with Crippen LogP contribution in [0.5, 0.6) is 5.75 Å². The fraction of sp³-hybridized carbons (Fsp3) is 0.464. The number of carbonyl (C=O) groups excluding carboxylic acids is 3. The smallest absolute Gasteiger partial charge is 0.408 e. The Morgan fingerprint density at radius 1 is 1.03 bits per heavy atom. The molecule has 2 N–H and O–H groups in total. The Bertz CT molecular complexity index is 1060. The molecule has 0 aliphatic rings. The van der Waals surface area contributed by atoms with Crippen molar-refractivity contribution in [2.75, 3.05) is 19.0 Å². The van der Waals surface area contributed by atoms with Crippen LogP contribution in [0.25, 0.3) is 0 Å². The molecule has 0 radical (unpaired) electrons. The monoisotopic (exact) mass is 497 g/mol. The van der Waals surface area contributed by atoms with Crippen LogP contribution in [0.2, 0.25) is 0 Å². The maximum atomic E-state index is 13.7. The van der Waals surface area contributed by atoms with Crippen molar-refractivity contribution < 1.29 is 23.9 Å². The lowest BCUT2D eigenvalue weighted by Crippen LogP contribution is -2.51. The van der Waals surface area contributed by atoms with E-state index >= 15 is 0 Å². The van der Waals surface area contributed by atoms with Gasteiger partial charge in [0.05, 0.1) is 7.11 Å². The summed E-state index contributed by atoms with van der Waals surface area (Å²) in [6.45, 7) is 13.0. The molecule has 0 aliphatic carbocycles. The first-order valence-electron chi connectivity index (χ1n) is 12.2. The van der Waals surface area contributed by atoms with E-state index in [1.807, 2.05) is 39.0 Å². The molecule has 2 unspecified atom stereocenters. The molecule has 0 saturated carbocycles. The number of aryl methyl sites for hydroxylation is 2. The molecule has 2 aromatic rings. The van der Waals surface area contributed by atoms with E-state index in [0.717, 1.165) is 16.7 Å². The largest absolute Gasteiger partial charge is 0.497 e. The van der Waals surface area contributed by atoms with Gasteiger partial charge in [0, 0.05) is 12.2 Å². The highest BCUT2D eigenvalue weighted by Gasteiger charge is 2.35. The number of carbonyl (C=O) groups is 3. The number of methoxy groups -OCH3 is 1. The van der Waals surface area contributed by atoms with Gasteiger partial charge in [-0.05, 0) is 83.4 Å². The van der Waals surface area contributed by atoms with E-state index in [1.54, 1.807) is 59.1 Å². The molecule has 0 heterocycles. The number of amides is 3. The number of anilines is 1. The maximum Gasteiger partial charge on any atom is 0.408 e. The van der Waals surface area contributed by atoms with E-state index in [0.29, 0.717) is 24.4 Å². The van der Waals surface area contributed by atoms with E-state index in [9.17, 15) is 14.4 Å². The quantitative estimate of drug-likeness (QED) is 0.500. The van der Waals surface area contributed by atoms with Gasteiger partial charge in [-0.15, -0.1) is 0 Å². The lowest BCUT2D eigenvalue weighted by atomic mass is 9.96. The van der Waals surface area contributed by atoms with Crippen LogP contribution in [-0.2, 0) is 14.3 Å². The van der Waals surface area contributed by atoms with Crippen molar-refractivity contribution in [1.29, 1.82) is 0 Å². The number of hydrogen-bond donors (Lipinski definition) is 2. The molecule has 2 aromatic carbocycles. The average Bonchev–Trinajstić information content (AvgIpc) is 2.79. The molecule has 3 amide bonds. The molecular formula is C28H39N3O5. The zero-order valence-corrected chi connectivity index (χ0v) is 22.6. The number of hydrogen-bond acceptors (Lipinski definition) is 5. The number of rotatable bonds is 9. The number of nitrogens with one attached hydrogen (secondary N) is 2. The van der Waals surface area contributed by atoms with Gasteiger partial charge in [-0.1, -0.05) is 30.7 Å². The average molecular weight is 498 g/mol. The van der Waals surface area contributed by atoms with Crippen LogP contribution in [-0.4, -0.2) is 48.1 Å². The van der Waals surface area contributed by atoms with Gasteiger partial charge in [0.25, 0.3) is 5.91 Å². The number of ether oxygens (including phenoxy) is 2. The van der Waals surface area contributed by atoms with E-state index < -0.39 is 23.8 Å². The van der Waals surface area contributed by atoms with Gasteiger partial charge in [-0.3, -0.25) is 9.59 Å². The summed E-state index contributed by atoms with van der Waals surface area (Å²) >= 11 is 0. The Labute approximate surface area is 214 Å². The third-order valence-electron chi connectivity index (χ3n) is 5.50. The Morgan fingerprint density at radius 3 is 2.22 bits per heavy atom. The van der Waals surface area contributed by atoms with Gasteiger partial charge in [-0.25, -0.2) is 4.79 Å². The number of nitrogens with zero attached hydrogens (tertiary/aromatic N) is 1. The van der Waals surface area contributed by atoms with Gasteiger partial charge in [-0.2, -0.15) is 0 Å². The second-order valence-electron chi connectivity index (χ2n) is 9.88. The van der Waals surface area contributed by atoms with Crippen molar-refractivity contribution in [3.63, 3.8) is 0 Å². The third kappa shape index (κ3) is 8.00. The first-order chi connectivity index (χ1) is 16.9. The van der Waals surface area contributed by atoms with Crippen LogP contribution in [0.15, 0.2) is 42.5 Å². The van der Waals surface area contributed by atoms with Crippen molar-refractivity contribution in [3.8, 4) is 5.75 Å². The molecule has 0 aromatic heterocycles. The van der Waals surface area contributed by atoms with Gasteiger partial charge in [0.2, 0.25) is 5.91 Å². The van der Waals surface area contributed by atoms with Crippen LogP contribution >= 0.6 is 0 Å². The number of alkyl carbamates (subject to hydrolysis) is 1. The molecule has 8 heteroatoms. The maximum absolute atomic E-state index is 13.7. The summed E-state index contributed by atoms with van der Waals surface area (Å²) in [5.41, 5.74) is 2.47. The summed E-state index contributed by atoms with van der Waals surface area (Å²) < 4.78 is 10.5. The van der Waals surface area contributed by atoms with Gasteiger partial charge < -0.3 is 25.0 Å². The van der Waals surface area contributed by atoms with Crippen molar-refractivity contribution in [3.05, 3.63) is 59.2 Å². The first kappa shape index (κ1) is 28.7. The van der Waals surface area contributed by atoms with Crippen molar-refractivity contribution in [2.45, 2.75) is 72.6 Å². The summed E-state index contributed by atoms with van der Waals surface area (Å²) in [5.74, 6) is -0.0532. The Hall–Kier alpha value is -3.55. The molecule has 2 rings (SSSR count). The highest BCUT2D eigenvalue weighted by Crippen LogP contribution is 2.28. The van der Waals surface area contributed by atoms with Crippen molar-refractivity contribution in [2.24, 2.45) is 0 Å². The summed E-state index contributed by atoms with van der Waals surface area (Å²) in [6.07, 6.45) is -0.0620. The normalized spacial score (nSPS) is 12.8. The lowest BCUT2D eigenvalue weighted by Gasteiger charge is -2.34. The van der Waals surface area contributed by atoms with E-state index in [1.165, 1.54) is 4.90 Å². The second kappa shape index (κ2) is 12.4. The van der Waals surface area contributed by atoms with Crippen molar-refractivity contribution >= 4 is 23.6 Å². The zero-order valence-electron chi connectivity index (χ0n) is 22.6. The molecule has 8 nitrogen and oxygen atoms in total. The van der Waals surface area contributed by atoms with E-state index in [4.69, 9.17) is 9.47 Å². The van der Waals surface area contributed by atoms with Gasteiger partial charge >= 0.3 is 6.09 Å². The third-order valence-corrected chi connectivity index (χ3v) is 5.50. The fourth-order valence-electron chi connectivity index (χ4n) is 3.79. The molecule has 0 bridgehead atoms. The molecule has 2 atom stereocenters. The van der Waals surface area contributed by atoms with Crippen LogP contribution in [0.4, 0.5) is 10.5 Å². The molecule has 0 spiro atoms. The minimum atomic E-state index is -0.901. The van der Waals surface area contributed by atoms with E-state index in [-0.39, 0.29) is 11.8 Å². The standard InChI is InChI=1S/C28H39N3O5/c1-9-16-31(26(33)20(4)29-27(34)36-28(5,6)7)24(23-17-18(2)10-11-19(23)3)25(32)30-21-12-14-22(35-8)15-13-21/h10-15,17,20,24H,9,16H2,1-8H3,(H,29,34)(H,30,32). The first-order valence-corrected chi connectivity index (χ1v) is 12.2. The fourth-order valence-corrected chi connectivity index (χ4v) is 3.79. The van der Waals surface area contributed by atoms with Crippen molar-refractivity contribution in [1.82, 2.24) is 10.2 Å². The highest BCUT2D eigenvalue weighted by molar-refractivity contribution is 5.99. The van der Waals surface area contributed by atoms with Gasteiger partial charge in [0.15, 0.2) is 0 Å². The Balaban J connectivity index is 2.43. The molecule has 0 fully saturated rings. The Kier molecular flexibility index (Phi) is 9.90. The van der Waals surface area contributed by atoms with E-state index in [2.05, 4.69) is 10.6 Å². The Morgan fingerprint density at radius 2 is 1.67 bits per heavy atom. The lowest BCUT2D eigenvalue weighted by molar-refractivity contribution is -0.140. The summed E-state index contributed by atoms with van der Waals surface area (Å²) in [7, 11) is 1.57.